The van der Waals surface area contributed by atoms with E-state index in [1.165, 1.54) is 24.7 Å². The van der Waals surface area contributed by atoms with Gasteiger partial charge in [0.05, 0.1) is 6.54 Å². The van der Waals surface area contributed by atoms with Crippen LogP contribution >= 0.6 is 11.8 Å². The van der Waals surface area contributed by atoms with Gasteiger partial charge in [0.25, 0.3) is 0 Å². The molecule has 0 aromatic heterocycles. The minimum absolute atomic E-state index is 0.175. The van der Waals surface area contributed by atoms with Crippen LogP contribution in [0.15, 0.2) is 29.3 Å². The fourth-order valence-corrected chi connectivity index (χ4v) is 3.52. The second kappa shape index (κ2) is 8.93. The van der Waals surface area contributed by atoms with E-state index in [2.05, 4.69) is 22.5 Å². The van der Waals surface area contributed by atoms with Crippen LogP contribution in [0.1, 0.15) is 25.3 Å². The van der Waals surface area contributed by atoms with E-state index in [0.29, 0.717) is 5.25 Å². The lowest BCUT2D eigenvalue weighted by atomic mass is 10.1. The van der Waals surface area contributed by atoms with Crippen LogP contribution < -0.4 is 10.6 Å². The molecule has 3 nitrogen and oxygen atoms in total. The standard InChI is InChI=1S/C16H24FN3S/c1-2-18-16(20-12-15-7-4-10-21-15)19-9-8-13-5-3-6-14(17)11-13/h3,5-6,11,15H,2,4,7-10,12H2,1H3,(H2,18,19,20). The summed E-state index contributed by atoms with van der Waals surface area (Å²) in [6.45, 7) is 4.55. The molecule has 5 heteroatoms. The third-order valence-corrected chi connectivity index (χ3v) is 4.80. The zero-order chi connectivity index (χ0) is 14.9. The first-order valence-corrected chi connectivity index (χ1v) is 8.71. The second-order valence-electron chi connectivity index (χ2n) is 5.16. The van der Waals surface area contributed by atoms with Crippen molar-refractivity contribution >= 4 is 17.7 Å². The Morgan fingerprint density at radius 1 is 1.43 bits per heavy atom. The maximum absolute atomic E-state index is 13.1. The molecule has 116 valence electrons. The largest absolute Gasteiger partial charge is 0.357 e. The van der Waals surface area contributed by atoms with Crippen LogP contribution in [-0.4, -0.2) is 36.6 Å². The Kier molecular flexibility index (Phi) is 6.86. The highest BCUT2D eigenvalue weighted by molar-refractivity contribution is 8.00. The van der Waals surface area contributed by atoms with Crippen LogP contribution in [0.3, 0.4) is 0 Å². The van der Waals surface area contributed by atoms with Gasteiger partial charge in [0, 0.05) is 18.3 Å². The first kappa shape index (κ1) is 16.1. The van der Waals surface area contributed by atoms with E-state index >= 15 is 0 Å². The topological polar surface area (TPSA) is 36.4 Å². The molecule has 0 spiro atoms. The van der Waals surface area contributed by atoms with Crippen molar-refractivity contribution < 1.29 is 4.39 Å². The molecule has 2 rings (SSSR count). The van der Waals surface area contributed by atoms with Gasteiger partial charge in [-0.05, 0) is 49.6 Å². The molecule has 1 fully saturated rings. The summed E-state index contributed by atoms with van der Waals surface area (Å²) in [5.41, 5.74) is 1.00. The lowest BCUT2D eigenvalue weighted by molar-refractivity contribution is 0.625. The SMILES string of the molecule is CCNC(=NCC1CCCS1)NCCc1cccc(F)c1. The highest BCUT2D eigenvalue weighted by Gasteiger charge is 2.14. The van der Waals surface area contributed by atoms with Gasteiger partial charge < -0.3 is 10.6 Å². The molecule has 0 bridgehead atoms. The first-order chi connectivity index (χ1) is 10.3. The van der Waals surface area contributed by atoms with Gasteiger partial charge in [0.1, 0.15) is 5.82 Å². The molecular formula is C16H24FN3S. The van der Waals surface area contributed by atoms with E-state index in [0.717, 1.165) is 37.6 Å². The fraction of sp³-hybridized carbons (Fsp3) is 0.562. The second-order valence-corrected chi connectivity index (χ2v) is 6.57. The summed E-state index contributed by atoms with van der Waals surface area (Å²) in [4.78, 5) is 4.64. The number of rotatable bonds is 6. The number of thioether (sulfide) groups is 1. The van der Waals surface area contributed by atoms with Crippen molar-refractivity contribution in [3.05, 3.63) is 35.6 Å². The van der Waals surface area contributed by atoms with E-state index in [9.17, 15) is 4.39 Å². The summed E-state index contributed by atoms with van der Waals surface area (Å²) in [7, 11) is 0. The van der Waals surface area contributed by atoms with Crippen molar-refractivity contribution in [3.63, 3.8) is 0 Å². The van der Waals surface area contributed by atoms with Crippen LogP contribution in [0.2, 0.25) is 0 Å². The van der Waals surface area contributed by atoms with Crippen molar-refractivity contribution in [3.8, 4) is 0 Å². The number of aliphatic imine (C=N–C) groups is 1. The monoisotopic (exact) mass is 309 g/mol. The summed E-state index contributed by atoms with van der Waals surface area (Å²) in [5.74, 6) is 1.96. The molecule has 0 radical (unpaired) electrons. The highest BCUT2D eigenvalue weighted by Crippen LogP contribution is 2.25. The quantitative estimate of drug-likeness (QED) is 0.627. The summed E-state index contributed by atoms with van der Waals surface area (Å²) in [5, 5.41) is 7.25. The minimum Gasteiger partial charge on any atom is -0.357 e. The average molecular weight is 309 g/mol. The van der Waals surface area contributed by atoms with Gasteiger partial charge in [-0.3, -0.25) is 4.99 Å². The van der Waals surface area contributed by atoms with E-state index in [-0.39, 0.29) is 5.82 Å². The van der Waals surface area contributed by atoms with Gasteiger partial charge in [-0.15, -0.1) is 0 Å². The molecule has 1 unspecified atom stereocenters. The predicted octanol–water partition coefficient (Wildman–Crippen LogP) is 2.82. The third kappa shape index (κ3) is 5.96. The van der Waals surface area contributed by atoms with Crippen LogP contribution in [0, 0.1) is 5.82 Å². The van der Waals surface area contributed by atoms with E-state index in [1.54, 1.807) is 12.1 Å². The lowest BCUT2D eigenvalue weighted by Gasteiger charge is -2.12. The van der Waals surface area contributed by atoms with Crippen molar-refractivity contribution in [1.29, 1.82) is 0 Å². The van der Waals surface area contributed by atoms with Gasteiger partial charge in [-0.2, -0.15) is 11.8 Å². The van der Waals surface area contributed by atoms with Crippen LogP contribution in [0.4, 0.5) is 4.39 Å². The number of hydrogen-bond donors (Lipinski definition) is 2. The number of guanidine groups is 1. The van der Waals surface area contributed by atoms with Crippen molar-refractivity contribution in [2.75, 3.05) is 25.4 Å². The molecule has 1 aliphatic rings. The van der Waals surface area contributed by atoms with Gasteiger partial charge >= 0.3 is 0 Å². The molecular weight excluding hydrogens is 285 g/mol. The summed E-state index contributed by atoms with van der Waals surface area (Å²) < 4.78 is 13.1. The number of halogens is 1. The Labute approximate surface area is 130 Å². The maximum Gasteiger partial charge on any atom is 0.191 e. The van der Waals surface area contributed by atoms with Crippen molar-refractivity contribution in [2.45, 2.75) is 31.4 Å². The molecule has 21 heavy (non-hydrogen) atoms. The average Bonchev–Trinajstić information content (AvgIpc) is 2.98. The van der Waals surface area contributed by atoms with E-state index in [4.69, 9.17) is 0 Å². The van der Waals surface area contributed by atoms with Crippen LogP contribution in [-0.2, 0) is 6.42 Å². The zero-order valence-corrected chi connectivity index (χ0v) is 13.4. The van der Waals surface area contributed by atoms with Gasteiger partial charge in [-0.25, -0.2) is 4.39 Å². The minimum atomic E-state index is -0.175. The molecule has 0 amide bonds. The van der Waals surface area contributed by atoms with Gasteiger partial charge in [-0.1, -0.05) is 12.1 Å². The predicted molar refractivity (Wildman–Crippen MR) is 89.6 cm³/mol. The Balaban J connectivity index is 1.77. The highest BCUT2D eigenvalue weighted by atomic mass is 32.2. The number of benzene rings is 1. The third-order valence-electron chi connectivity index (χ3n) is 3.42. The molecule has 1 aromatic carbocycles. The molecule has 2 N–H and O–H groups in total. The Hall–Kier alpha value is -1.23. The summed E-state index contributed by atoms with van der Waals surface area (Å²) in [6.07, 6.45) is 3.38. The Bertz CT molecular complexity index is 459. The Morgan fingerprint density at radius 2 is 2.33 bits per heavy atom. The van der Waals surface area contributed by atoms with Gasteiger partial charge in [0.2, 0.25) is 0 Å². The normalized spacial score (nSPS) is 18.8. The first-order valence-electron chi connectivity index (χ1n) is 7.66. The number of hydrogen-bond acceptors (Lipinski definition) is 2. The number of nitrogens with zero attached hydrogens (tertiary/aromatic N) is 1. The summed E-state index contributed by atoms with van der Waals surface area (Å²) >= 11 is 2.02. The smallest absolute Gasteiger partial charge is 0.191 e. The van der Waals surface area contributed by atoms with Crippen molar-refractivity contribution in [2.24, 2.45) is 4.99 Å². The molecule has 0 saturated carbocycles. The van der Waals surface area contributed by atoms with Crippen molar-refractivity contribution in [1.82, 2.24) is 10.6 Å². The molecule has 1 aromatic rings. The maximum atomic E-state index is 13.1. The molecule has 0 aliphatic carbocycles. The molecule has 1 atom stereocenters. The van der Waals surface area contributed by atoms with Gasteiger partial charge in [0.15, 0.2) is 5.96 Å². The van der Waals surface area contributed by atoms with Crippen LogP contribution in [0.5, 0.6) is 0 Å². The molecule has 1 heterocycles. The van der Waals surface area contributed by atoms with E-state index in [1.807, 2.05) is 17.8 Å². The molecule has 1 saturated heterocycles. The van der Waals surface area contributed by atoms with E-state index < -0.39 is 0 Å². The zero-order valence-electron chi connectivity index (χ0n) is 12.6. The fourth-order valence-electron chi connectivity index (χ4n) is 2.34. The Morgan fingerprint density at radius 3 is 3.05 bits per heavy atom. The summed E-state index contributed by atoms with van der Waals surface area (Å²) in [6, 6.07) is 6.76. The molecule has 1 aliphatic heterocycles. The lowest BCUT2D eigenvalue weighted by Crippen LogP contribution is -2.38. The number of nitrogens with one attached hydrogen (secondary N) is 2. The van der Waals surface area contributed by atoms with Crippen LogP contribution in [0.25, 0.3) is 0 Å².